The third kappa shape index (κ3) is 3.84. The number of hydrogen-bond acceptors (Lipinski definition) is 4. The molecular formula is C14H26N4O2S. The predicted octanol–water partition coefficient (Wildman–Crippen LogP) is 1.30. The molecule has 1 aromatic heterocycles. The molecule has 1 aliphatic rings. The highest BCUT2D eigenvalue weighted by molar-refractivity contribution is 7.89. The summed E-state index contributed by atoms with van der Waals surface area (Å²) in [4.78, 5) is 0.291. The quantitative estimate of drug-likeness (QED) is 0.859. The van der Waals surface area contributed by atoms with Gasteiger partial charge in [0.25, 0.3) is 0 Å². The number of nitrogens with zero attached hydrogens (tertiary/aromatic N) is 3. The molecule has 120 valence electrons. The molecular weight excluding hydrogens is 288 g/mol. The van der Waals surface area contributed by atoms with Gasteiger partial charge in [-0.3, -0.25) is 4.68 Å². The Bertz CT molecular complexity index is 547. The Labute approximate surface area is 127 Å². The molecule has 1 saturated carbocycles. The Morgan fingerprint density at radius 1 is 1.38 bits per heavy atom. The van der Waals surface area contributed by atoms with Gasteiger partial charge in [0.05, 0.1) is 12.7 Å². The van der Waals surface area contributed by atoms with Gasteiger partial charge in [0.1, 0.15) is 4.90 Å². The Balaban J connectivity index is 2.07. The van der Waals surface area contributed by atoms with Gasteiger partial charge in [-0.1, -0.05) is 6.92 Å². The minimum atomic E-state index is -3.43. The highest BCUT2D eigenvalue weighted by Gasteiger charge is 2.31. The summed E-state index contributed by atoms with van der Waals surface area (Å²) in [5, 5.41) is 7.15. The van der Waals surface area contributed by atoms with Gasteiger partial charge in [0, 0.05) is 25.8 Å². The maximum atomic E-state index is 12.7. The zero-order valence-electron chi connectivity index (χ0n) is 13.1. The molecule has 0 saturated heterocycles. The third-order valence-corrected chi connectivity index (χ3v) is 6.24. The van der Waals surface area contributed by atoms with Crippen molar-refractivity contribution in [3.8, 4) is 0 Å². The van der Waals surface area contributed by atoms with E-state index < -0.39 is 10.0 Å². The fourth-order valence-corrected chi connectivity index (χ4v) is 4.17. The predicted molar refractivity (Wildman–Crippen MR) is 82.5 cm³/mol. The molecule has 1 fully saturated rings. The average Bonchev–Trinajstić information content (AvgIpc) is 2.94. The first-order valence-electron chi connectivity index (χ1n) is 7.60. The first-order chi connectivity index (χ1) is 9.95. The van der Waals surface area contributed by atoms with E-state index in [1.165, 1.54) is 10.5 Å². The van der Waals surface area contributed by atoms with Crippen molar-refractivity contribution < 1.29 is 8.42 Å². The van der Waals surface area contributed by atoms with E-state index in [0.717, 1.165) is 32.2 Å². The Hall–Kier alpha value is -0.920. The van der Waals surface area contributed by atoms with E-state index >= 15 is 0 Å². The molecule has 0 aliphatic heterocycles. The minimum Gasteiger partial charge on any atom is -0.318 e. The normalized spacial score (nSPS) is 23.6. The molecule has 6 nitrogen and oxygen atoms in total. The van der Waals surface area contributed by atoms with Gasteiger partial charge < -0.3 is 5.32 Å². The monoisotopic (exact) mass is 314 g/mol. The van der Waals surface area contributed by atoms with Crippen LogP contribution in [0.3, 0.4) is 0 Å². The maximum absolute atomic E-state index is 12.7. The number of likely N-dealkylation sites (N-methyl/N-ethyl adjacent to an activating group) is 1. The lowest BCUT2D eigenvalue weighted by atomic mass is 9.87. The second kappa shape index (κ2) is 6.89. The van der Waals surface area contributed by atoms with Crippen LogP contribution >= 0.6 is 0 Å². The molecule has 0 radical (unpaired) electrons. The molecule has 2 rings (SSSR count). The first kappa shape index (κ1) is 16.5. The van der Waals surface area contributed by atoms with E-state index in [0.29, 0.717) is 17.4 Å². The van der Waals surface area contributed by atoms with E-state index in [-0.39, 0.29) is 6.04 Å². The molecule has 0 bridgehead atoms. The maximum Gasteiger partial charge on any atom is 0.246 e. The van der Waals surface area contributed by atoms with Crippen molar-refractivity contribution in [1.29, 1.82) is 0 Å². The molecule has 7 heteroatoms. The molecule has 0 unspecified atom stereocenters. The van der Waals surface area contributed by atoms with Crippen LogP contribution in [0.25, 0.3) is 0 Å². The molecule has 0 amide bonds. The zero-order chi connectivity index (χ0) is 15.5. The lowest BCUT2D eigenvalue weighted by Gasteiger charge is -2.32. The zero-order valence-corrected chi connectivity index (χ0v) is 13.9. The number of rotatable bonds is 6. The van der Waals surface area contributed by atoms with Crippen molar-refractivity contribution in [1.82, 2.24) is 19.4 Å². The summed E-state index contributed by atoms with van der Waals surface area (Å²) in [6.45, 7) is 3.66. The summed E-state index contributed by atoms with van der Waals surface area (Å²) >= 11 is 0. The summed E-state index contributed by atoms with van der Waals surface area (Å²) < 4.78 is 28.5. The summed E-state index contributed by atoms with van der Waals surface area (Å²) in [5.74, 6) is 0.710. The summed E-state index contributed by atoms with van der Waals surface area (Å²) in [6, 6.07) is 0.117. The van der Waals surface area contributed by atoms with Crippen LogP contribution in [0.5, 0.6) is 0 Å². The van der Waals surface area contributed by atoms with Crippen LogP contribution in [0, 0.1) is 5.92 Å². The van der Waals surface area contributed by atoms with E-state index in [4.69, 9.17) is 0 Å². The van der Waals surface area contributed by atoms with Gasteiger partial charge in [0.2, 0.25) is 10.0 Å². The fourth-order valence-electron chi connectivity index (χ4n) is 2.80. The van der Waals surface area contributed by atoms with Gasteiger partial charge in [-0.2, -0.15) is 9.40 Å². The third-order valence-electron chi connectivity index (χ3n) is 4.38. The minimum absolute atomic E-state index is 0.117. The Morgan fingerprint density at radius 2 is 2.05 bits per heavy atom. The van der Waals surface area contributed by atoms with Crippen LogP contribution in [0.1, 0.15) is 32.6 Å². The van der Waals surface area contributed by atoms with Crippen LogP contribution in [-0.4, -0.2) is 49.2 Å². The van der Waals surface area contributed by atoms with Crippen LogP contribution in [0.15, 0.2) is 17.3 Å². The first-order valence-corrected chi connectivity index (χ1v) is 9.04. The van der Waals surface area contributed by atoms with Gasteiger partial charge in [0.15, 0.2) is 0 Å². The van der Waals surface area contributed by atoms with Crippen LogP contribution in [0.2, 0.25) is 0 Å². The molecule has 1 aromatic rings. The summed E-state index contributed by atoms with van der Waals surface area (Å²) in [7, 11) is 0.125. The van der Waals surface area contributed by atoms with Gasteiger partial charge >= 0.3 is 0 Å². The largest absolute Gasteiger partial charge is 0.318 e. The van der Waals surface area contributed by atoms with Gasteiger partial charge in [-0.15, -0.1) is 0 Å². The van der Waals surface area contributed by atoms with Crippen LogP contribution < -0.4 is 5.32 Å². The van der Waals surface area contributed by atoms with Crippen molar-refractivity contribution >= 4 is 10.0 Å². The highest BCUT2D eigenvalue weighted by atomic mass is 32.2. The molecule has 0 atom stereocenters. The van der Waals surface area contributed by atoms with Crippen molar-refractivity contribution in [2.75, 3.05) is 20.6 Å². The second-order valence-corrected chi connectivity index (χ2v) is 7.98. The smallest absolute Gasteiger partial charge is 0.246 e. The molecule has 1 aliphatic carbocycles. The van der Waals surface area contributed by atoms with E-state index in [9.17, 15) is 8.42 Å². The molecule has 0 aromatic carbocycles. The number of hydrogen-bond donors (Lipinski definition) is 1. The highest BCUT2D eigenvalue weighted by Crippen LogP contribution is 2.29. The number of sulfonamides is 1. The van der Waals surface area contributed by atoms with Crippen molar-refractivity contribution in [2.45, 2.75) is 50.1 Å². The van der Waals surface area contributed by atoms with Crippen molar-refractivity contribution in [3.63, 3.8) is 0 Å². The lowest BCUT2D eigenvalue weighted by Crippen LogP contribution is -2.39. The Kier molecular flexibility index (Phi) is 5.40. The van der Waals surface area contributed by atoms with Gasteiger partial charge in [-0.25, -0.2) is 8.42 Å². The molecule has 1 heterocycles. The van der Waals surface area contributed by atoms with E-state index in [1.807, 2.05) is 7.05 Å². The van der Waals surface area contributed by atoms with Crippen LogP contribution in [0.4, 0.5) is 0 Å². The van der Waals surface area contributed by atoms with Crippen molar-refractivity contribution in [2.24, 2.45) is 5.92 Å². The van der Waals surface area contributed by atoms with Crippen LogP contribution in [-0.2, 0) is 16.6 Å². The van der Waals surface area contributed by atoms with Gasteiger partial charge in [-0.05, 0) is 38.6 Å². The second-order valence-electron chi connectivity index (χ2n) is 5.98. The fraction of sp³-hybridized carbons (Fsp3) is 0.786. The summed E-state index contributed by atoms with van der Waals surface area (Å²) in [5.41, 5.74) is 0. The van der Waals surface area contributed by atoms with E-state index in [2.05, 4.69) is 17.3 Å². The topological polar surface area (TPSA) is 67.2 Å². The SMILES string of the molecule is CNCCn1cc(S(=O)(=O)N(C)C2CCC(C)CC2)cn1. The lowest BCUT2D eigenvalue weighted by molar-refractivity contribution is 0.246. The molecule has 1 N–H and O–H groups in total. The number of nitrogens with one attached hydrogen (secondary N) is 1. The molecule has 0 spiro atoms. The standard InChI is InChI=1S/C14H26N4O2S/c1-12-4-6-13(7-5-12)17(3)21(19,20)14-10-16-18(11-14)9-8-15-2/h10-13,15H,4-9H2,1-3H3. The Morgan fingerprint density at radius 3 is 2.67 bits per heavy atom. The summed E-state index contributed by atoms with van der Waals surface area (Å²) in [6.07, 6.45) is 7.18. The van der Waals surface area contributed by atoms with Crippen molar-refractivity contribution in [3.05, 3.63) is 12.4 Å². The number of aromatic nitrogens is 2. The average molecular weight is 314 g/mol. The molecule has 21 heavy (non-hydrogen) atoms. The van der Waals surface area contributed by atoms with E-state index in [1.54, 1.807) is 17.9 Å².